The topological polar surface area (TPSA) is 52.9 Å². The highest BCUT2D eigenvalue weighted by atomic mass is 32.1. The third kappa shape index (κ3) is 2.76. The fourth-order valence-corrected chi connectivity index (χ4v) is 4.26. The van der Waals surface area contributed by atoms with Crippen molar-refractivity contribution in [1.82, 2.24) is 5.32 Å². The predicted molar refractivity (Wildman–Crippen MR) is 102 cm³/mol. The van der Waals surface area contributed by atoms with Gasteiger partial charge in [-0.15, -0.1) is 5.73 Å². The summed E-state index contributed by atoms with van der Waals surface area (Å²) in [6.45, 7) is 7.79. The zero-order chi connectivity index (χ0) is 18.2. The molecule has 4 heteroatoms. The van der Waals surface area contributed by atoms with Gasteiger partial charge >= 0.3 is 0 Å². The lowest BCUT2D eigenvalue weighted by Crippen LogP contribution is -2.50. The lowest BCUT2D eigenvalue weighted by molar-refractivity contribution is -0.118. The van der Waals surface area contributed by atoms with Gasteiger partial charge in [-0.05, 0) is 23.5 Å². The smallest absolute Gasteiger partial charge is 0.161 e. The maximum atomic E-state index is 13.0. The van der Waals surface area contributed by atoms with Crippen molar-refractivity contribution < 1.29 is 4.79 Å². The minimum atomic E-state index is -1.16. The number of carbonyl (C=O) groups excluding carboxylic acids is 1. The summed E-state index contributed by atoms with van der Waals surface area (Å²) in [5.41, 5.74) is 3.87. The van der Waals surface area contributed by atoms with E-state index < -0.39 is 11.3 Å². The van der Waals surface area contributed by atoms with Crippen LogP contribution in [-0.2, 0) is 4.79 Å². The molecule has 0 radical (unpaired) electrons. The quantitative estimate of drug-likeness (QED) is 0.643. The zero-order valence-electron chi connectivity index (χ0n) is 14.4. The number of nitrogens with zero attached hydrogens (tertiary/aromatic N) is 1. The van der Waals surface area contributed by atoms with Gasteiger partial charge in [0.1, 0.15) is 10.4 Å². The van der Waals surface area contributed by atoms with Crippen molar-refractivity contribution in [3.05, 3.63) is 65.6 Å². The zero-order valence-corrected chi connectivity index (χ0v) is 15.2. The van der Waals surface area contributed by atoms with E-state index in [-0.39, 0.29) is 11.2 Å². The van der Waals surface area contributed by atoms with Crippen LogP contribution in [0, 0.1) is 22.2 Å². The molecule has 3 nitrogen and oxygen atoms in total. The monoisotopic (exact) mass is 348 g/mol. The second-order valence-electron chi connectivity index (χ2n) is 7.46. The largest absolute Gasteiger partial charge is 0.351 e. The number of rotatable bonds is 2. The van der Waals surface area contributed by atoms with Crippen LogP contribution in [0.3, 0.4) is 0 Å². The van der Waals surface area contributed by atoms with Crippen LogP contribution in [0.4, 0.5) is 0 Å². The van der Waals surface area contributed by atoms with Crippen molar-refractivity contribution in [3.8, 4) is 6.07 Å². The number of benzene rings is 1. The third-order valence-corrected chi connectivity index (χ3v) is 5.39. The van der Waals surface area contributed by atoms with Crippen LogP contribution in [0.1, 0.15) is 38.2 Å². The molecule has 1 aliphatic carbocycles. The van der Waals surface area contributed by atoms with Crippen molar-refractivity contribution in [3.63, 3.8) is 0 Å². The highest BCUT2D eigenvalue weighted by Crippen LogP contribution is 2.51. The lowest BCUT2D eigenvalue weighted by atomic mass is 9.61. The highest BCUT2D eigenvalue weighted by Gasteiger charge is 2.52. The van der Waals surface area contributed by atoms with Gasteiger partial charge < -0.3 is 5.32 Å². The molecule has 1 aromatic rings. The molecule has 1 N–H and O–H groups in total. The minimum absolute atomic E-state index is 0.0761. The number of carbonyl (C=O) groups is 1. The summed E-state index contributed by atoms with van der Waals surface area (Å²) in [4.78, 5) is 13.4. The van der Waals surface area contributed by atoms with Crippen molar-refractivity contribution in [2.24, 2.45) is 10.8 Å². The Morgan fingerprint density at radius 3 is 2.60 bits per heavy atom. The van der Waals surface area contributed by atoms with Crippen molar-refractivity contribution in [2.45, 2.75) is 32.6 Å². The van der Waals surface area contributed by atoms with Crippen LogP contribution in [0.15, 0.2) is 60.0 Å². The number of nitrogens with one attached hydrogen (secondary N) is 1. The lowest BCUT2D eigenvalue weighted by Gasteiger charge is -2.44. The molecular weight excluding hydrogens is 328 g/mol. The molecule has 2 unspecified atom stereocenters. The normalized spacial score (nSPS) is 27.6. The molecule has 2 atom stereocenters. The van der Waals surface area contributed by atoms with E-state index in [4.69, 9.17) is 12.2 Å². The van der Waals surface area contributed by atoms with Crippen LogP contribution in [0.25, 0.3) is 0 Å². The second-order valence-corrected chi connectivity index (χ2v) is 7.87. The Morgan fingerprint density at radius 2 is 2.00 bits per heavy atom. The van der Waals surface area contributed by atoms with Crippen molar-refractivity contribution >= 4 is 23.0 Å². The molecule has 0 amide bonds. The van der Waals surface area contributed by atoms with Gasteiger partial charge in [0.2, 0.25) is 0 Å². The van der Waals surface area contributed by atoms with Gasteiger partial charge in [0.15, 0.2) is 5.78 Å². The summed E-state index contributed by atoms with van der Waals surface area (Å²) in [6, 6.07) is 12.0. The number of ketones is 1. The predicted octanol–water partition coefficient (Wildman–Crippen LogP) is 4.20. The van der Waals surface area contributed by atoms with E-state index in [0.717, 1.165) is 17.7 Å². The van der Waals surface area contributed by atoms with Gasteiger partial charge in [-0.1, -0.05) is 63.0 Å². The maximum Gasteiger partial charge on any atom is 0.161 e. The molecule has 2 aliphatic rings. The minimum Gasteiger partial charge on any atom is -0.351 e. The van der Waals surface area contributed by atoms with E-state index in [1.165, 1.54) is 0 Å². The molecule has 0 spiro atoms. The number of hydrogen-bond donors (Lipinski definition) is 1. The molecule has 25 heavy (non-hydrogen) atoms. The fraction of sp³-hybridized carbons (Fsp3) is 0.333. The summed E-state index contributed by atoms with van der Waals surface area (Å²) in [5.74, 6) is -0.368. The van der Waals surface area contributed by atoms with E-state index in [1.807, 2.05) is 30.3 Å². The average molecular weight is 348 g/mol. The summed E-state index contributed by atoms with van der Waals surface area (Å²) >= 11 is 5.58. The van der Waals surface area contributed by atoms with Crippen molar-refractivity contribution in [1.29, 1.82) is 5.26 Å². The molecule has 3 rings (SSSR count). The summed E-state index contributed by atoms with van der Waals surface area (Å²) in [5, 5.41) is 13.2. The molecule has 0 saturated carbocycles. The molecule has 1 heterocycles. The third-order valence-electron chi connectivity index (χ3n) is 4.95. The maximum absolute atomic E-state index is 13.0. The summed E-state index contributed by atoms with van der Waals surface area (Å²) in [6.07, 6.45) is 2.79. The van der Waals surface area contributed by atoms with Crippen LogP contribution < -0.4 is 5.32 Å². The molecule has 126 valence electrons. The summed E-state index contributed by atoms with van der Waals surface area (Å²) in [7, 11) is 0. The van der Waals surface area contributed by atoms with Gasteiger partial charge in [0.05, 0.1) is 6.07 Å². The van der Waals surface area contributed by atoms with Crippen LogP contribution >= 0.6 is 12.2 Å². The Hall–Kier alpha value is -2.47. The Bertz CT molecular complexity index is 869. The number of hydrogen-bond acceptors (Lipinski definition) is 3. The SMILES string of the molecule is C=C=CC1(C#N)C(=S)NC2=C(C(=O)CC(C)(C)C2)C1c1ccccc1. The van der Waals surface area contributed by atoms with Gasteiger partial charge in [-0.3, -0.25) is 4.79 Å². The van der Waals surface area contributed by atoms with Gasteiger partial charge in [0, 0.05) is 23.6 Å². The first-order chi connectivity index (χ1) is 11.8. The molecular formula is C21H20N2OS. The first-order valence-corrected chi connectivity index (χ1v) is 8.66. The van der Waals surface area contributed by atoms with Crippen LogP contribution in [0.5, 0.6) is 0 Å². The fourth-order valence-electron chi connectivity index (χ4n) is 3.91. The molecule has 0 saturated heterocycles. The Kier molecular flexibility index (Phi) is 4.24. The Labute approximate surface area is 153 Å². The molecule has 1 aromatic carbocycles. The van der Waals surface area contributed by atoms with E-state index in [1.54, 1.807) is 6.08 Å². The number of nitriles is 1. The van der Waals surface area contributed by atoms with E-state index >= 15 is 0 Å². The van der Waals surface area contributed by atoms with Crippen LogP contribution in [0.2, 0.25) is 0 Å². The number of allylic oxidation sites excluding steroid dienone is 2. The Balaban J connectivity index is 2.31. The number of Topliss-reactive ketones (excluding diaryl/α,β-unsaturated/α-hetero) is 1. The first-order valence-electron chi connectivity index (χ1n) is 8.25. The van der Waals surface area contributed by atoms with E-state index in [0.29, 0.717) is 17.0 Å². The van der Waals surface area contributed by atoms with E-state index in [9.17, 15) is 10.1 Å². The van der Waals surface area contributed by atoms with Gasteiger partial charge in [-0.2, -0.15) is 5.26 Å². The average Bonchev–Trinajstić information content (AvgIpc) is 2.55. The highest BCUT2D eigenvalue weighted by molar-refractivity contribution is 7.80. The first kappa shape index (κ1) is 17.4. The van der Waals surface area contributed by atoms with Crippen molar-refractivity contribution in [2.75, 3.05) is 0 Å². The second kappa shape index (κ2) is 6.11. The summed E-state index contributed by atoms with van der Waals surface area (Å²) < 4.78 is 0. The molecule has 0 bridgehead atoms. The standard InChI is InChI=1S/C21H20N2OS/c1-4-10-21(13-22)18(14-8-6-5-7-9-14)17-15(23-19(21)25)11-20(2,3)12-16(17)24/h5-10,18H,1,11-12H2,2-3H3,(H,23,25). The van der Waals surface area contributed by atoms with E-state index in [2.05, 4.69) is 37.5 Å². The number of thiocarbonyl (C=S) groups is 1. The van der Waals surface area contributed by atoms with Crippen LogP contribution in [-0.4, -0.2) is 10.8 Å². The van der Waals surface area contributed by atoms with Gasteiger partial charge in [0.25, 0.3) is 0 Å². The molecule has 1 aliphatic heterocycles. The molecule has 0 aromatic heterocycles. The molecule has 0 fully saturated rings. The Morgan fingerprint density at radius 1 is 1.32 bits per heavy atom. The van der Waals surface area contributed by atoms with Gasteiger partial charge in [-0.25, -0.2) is 0 Å².